The molecule has 0 heterocycles. The summed E-state index contributed by atoms with van der Waals surface area (Å²) in [5.74, 6) is -0.236. The molecule has 0 aliphatic heterocycles. The summed E-state index contributed by atoms with van der Waals surface area (Å²) in [4.78, 5) is 11.2. The minimum Gasteiger partial charge on any atom is -0.473 e. The summed E-state index contributed by atoms with van der Waals surface area (Å²) in [7, 11) is 0.318. The van der Waals surface area contributed by atoms with Crippen LogP contribution in [0.15, 0.2) is 0 Å². The van der Waals surface area contributed by atoms with Gasteiger partial charge in [0, 0.05) is 78.6 Å². The molecule has 0 aliphatic carbocycles. The number of hydrogen-bond donors (Lipinski definition) is 0. The first-order valence-corrected chi connectivity index (χ1v) is 6.62. The summed E-state index contributed by atoms with van der Waals surface area (Å²) in [5, 5.41) is 0. The molecule has 79 valence electrons. The first-order valence-electron chi connectivity index (χ1n) is 4.40. The van der Waals surface area contributed by atoms with Crippen molar-refractivity contribution in [2.24, 2.45) is 0 Å². The van der Waals surface area contributed by atoms with E-state index in [1.165, 1.54) is 14.2 Å². The summed E-state index contributed by atoms with van der Waals surface area (Å²) < 4.78 is 15.1. The van der Waals surface area contributed by atoms with E-state index in [2.05, 4.69) is 0 Å². The maximum Gasteiger partial charge on any atom is 0.564 e. The quantitative estimate of drug-likeness (QED) is 0.660. The molecule has 0 aromatic rings. The third-order valence-electron chi connectivity index (χ3n) is 1.78. The normalized spacial score (nSPS) is 10.6. The van der Waals surface area contributed by atoms with Crippen molar-refractivity contribution in [3.05, 3.63) is 0 Å². The maximum absolute atomic E-state index is 11.2. The Morgan fingerprint density at radius 1 is 1.29 bits per heavy atom. The van der Waals surface area contributed by atoms with E-state index in [4.69, 9.17) is 13.3 Å². The van der Waals surface area contributed by atoms with Crippen molar-refractivity contribution < 1.29 is 18.1 Å². The fraction of sp³-hybridized carbons (Fsp3) is 0.875. The second-order valence-electron chi connectivity index (χ2n) is 2.85. The molecule has 0 atom stereocenters. The zero-order valence-electron chi connectivity index (χ0n) is 9.75. The summed E-state index contributed by atoms with van der Waals surface area (Å²) in [5.41, 5.74) is 0. The molecular weight excluding hydrogens is 227 g/mol. The zero-order valence-corrected chi connectivity index (χ0v) is 13.9. The average molecular weight is 245 g/mol. The molecule has 0 saturated heterocycles. The van der Waals surface area contributed by atoms with Crippen LogP contribution in [0.25, 0.3) is 0 Å². The summed E-state index contributed by atoms with van der Waals surface area (Å²) in [6, 6.07) is 0. The van der Waals surface area contributed by atoms with Crippen LogP contribution in [0.1, 0.15) is 26.2 Å². The van der Waals surface area contributed by atoms with Gasteiger partial charge in [-0.1, -0.05) is 13.3 Å². The predicted molar refractivity (Wildman–Crippen MR) is 57.0 cm³/mol. The van der Waals surface area contributed by atoms with Gasteiger partial charge in [-0.15, -0.1) is 0 Å². The fourth-order valence-electron chi connectivity index (χ4n) is 0.746. The molecule has 0 fully saturated rings. The molecule has 0 aromatic heterocycles. The van der Waals surface area contributed by atoms with Gasteiger partial charge in [0.2, 0.25) is 0 Å². The molecule has 0 aromatic carbocycles. The van der Waals surface area contributed by atoms with Crippen molar-refractivity contribution >= 4 is 66.2 Å². The van der Waals surface area contributed by atoms with E-state index in [0.717, 1.165) is 12.8 Å². The van der Waals surface area contributed by atoms with Crippen molar-refractivity contribution in [2.45, 2.75) is 32.7 Å². The van der Waals surface area contributed by atoms with Crippen molar-refractivity contribution in [1.82, 2.24) is 0 Å². The SMILES string of the molecule is CCCCC(=O)O[Si](C)(OC)OC.[K]. The van der Waals surface area contributed by atoms with Crippen molar-refractivity contribution in [1.29, 1.82) is 0 Å². The van der Waals surface area contributed by atoms with Crippen LogP contribution < -0.4 is 0 Å². The van der Waals surface area contributed by atoms with Crippen molar-refractivity contribution in [2.75, 3.05) is 14.2 Å². The first kappa shape index (κ1) is 17.6. The second-order valence-corrected chi connectivity index (χ2v) is 5.59. The Balaban J connectivity index is 0. The van der Waals surface area contributed by atoms with E-state index in [9.17, 15) is 4.79 Å². The van der Waals surface area contributed by atoms with Crippen LogP contribution in [0.3, 0.4) is 0 Å². The minimum atomic E-state index is -2.66. The molecule has 0 bridgehead atoms. The van der Waals surface area contributed by atoms with Gasteiger partial charge in [0.1, 0.15) is 0 Å². The van der Waals surface area contributed by atoms with Gasteiger partial charge >= 0.3 is 8.80 Å². The molecule has 0 rings (SSSR count). The van der Waals surface area contributed by atoms with E-state index >= 15 is 0 Å². The van der Waals surface area contributed by atoms with Gasteiger partial charge in [-0.25, -0.2) is 0 Å². The number of carbonyl (C=O) groups excluding carboxylic acids is 1. The Morgan fingerprint density at radius 3 is 2.14 bits per heavy atom. The molecule has 0 aliphatic rings. The predicted octanol–water partition coefficient (Wildman–Crippen LogP) is 1.20. The third-order valence-corrected chi connectivity index (χ3v) is 3.86. The van der Waals surface area contributed by atoms with Crippen LogP contribution in [-0.4, -0.2) is 80.4 Å². The standard InChI is InChI=1S/C8H18O4Si.K/c1-5-6-7-8(9)12-13(4,10-2)11-3;/h5-7H2,1-4H3;. The Morgan fingerprint density at radius 2 is 1.79 bits per heavy atom. The molecule has 14 heavy (non-hydrogen) atoms. The van der Waals surface area contributed by atoms with E-state index in [0.29, 0.717) is 6.42 Å². The van der Waals surface area contributed by atoms with E-state index < -0.39 is 8.80 Å². The fourth-order valence-corrected chi connectivity index (χ4v) is 1.59. The molecule has 0 spiro atoms. The van der Waals surface area contributed by atoms with Crippen LogP contribution >= 0.6 is 0 Å². The van der Waals surface area contributed by atoms with Crippen molar-refractivity contribution in [3.63, 3.8) is 0 Å². The van der Waals surface area contributed by atoms with Crippen molar-refractivity contribution in [3.8, 4) is 0 Å². The van der Waals surface area contributed by atoms with Crippen LogP contribution in [0.2, 0.25) is 6.55 Å². The molecule has 0 saturated carbocycles. The molecule has 0 unspecified atom stereocenters. The molecule has 0 amide bonds. The number of carbonyl (C=O) groups is 1. The molecule has 0 N–H and O–H groups in total. The number of hydrogen-bond acceptors (Lipinski definition) is 4. The van der Waals surface area contributed by atoms with E-state index in [1.54, 1.807) is 6.55 Å². The summed E-state index contributed by atoms with van der Waals surface area (Å²) >= 11 is 0. The topological polar surface area (TPSA) is 44.8 Å². The van der Waals surface area contributed by atoms with Crippen LogP contribution in [0, 0.1) is 0 Å². The largest absolute Gasteiger partial charge is 0.564 e. The van der Waals surface area contributed by atoms with Gasteiger partial charge in [-0.3, -0.25) is 4.79 Å². The molecular formula is C8H18KO4Si. The third kappa shape index (κ3) is 7.52. The first-order chi connectivity index (χ1) is 6.08. The zero-order chi connectivity index (χ0) is 10.3. The van der Waals surface area contributed by atoms with E-state index in [1.807, 2.05) is 6.92 Å². The van der Waals surface area contributed by atoms with Gasteiger partial charge in [-0.05, 0) is 6.42 Å². The van der Waals surface area contributed by atoms with Gasteiger partial charge in [0.25, 0.3) is 5.97 Å². The van der Waals surface area contributed by atoms with E-state index in [-0.39, 0.29) is 57.4 Å². The smallest absolute Gasteiger partial charge is 0.473 e. The second kappa shape index (κ2) is 9.47. The van der Waals surface area contributed by atoms with Gasteiger partial charge in [0.15, 0.2) is 0 Å². The summed E-state index contributed by atoms with van der Waals surface area (Å²) in [6.07, 6.45) is 2.26. The number of rotatable bonds is 6. The Labute approximate surface area is 129 Å². The Bertz CT molecular complexity index is 161. The maximum atomic E-state index is 11.2. The molecule has 6 heteroatoms. The molecule has 1 radical (unpaired) electrons. The minimum absolute atomic E-state index is 0. The van der Waals surface area contributed by atoms with Crippen LogP contribution in [0.5, 0.6) is 0 Å². The van der Waals surface area contributed by atoms with Gasteiger partial charge in [-0.2, -0.15) is 0 Å². The van der Waals surface area contributed by atoms with Crippen LogP contribution in [-0.2, 0) is 18.1 Å². The summed E-state index contributed by atoms with van der Waals surface area (Å²) in [6.45, 7) is 3.72. The van der Waals surface area contributed by atoms with Crippen LogP contribution in [0.4, 0.5) is 0 Å². The Kier molecular flexibility index (Phi) is 11.9. The molecule has 4 nitrogen and oxygen atoms in total. The average Bonchev–Trinajstić information content (AvgIpc) is 2.14. The van der Waals surface area contributed by atoms with Gasteiger partial charge in [0.05, 0.1) is 0 Å². The van der Waals surface area contributed by atoms with Gasteiger partial charge < -0.3 is 13.3 Å². The monoisotopic (exact) mass is 245 g/mol. The number of unbranched alkanes of at least 4 members (excludes halogenated alkanes) is 1. The Hall–Kier alpha value is 1.24.